The number of rotatable bonds is 4. The normalized spacial score (nSPS) is 24.4. The summed E-state index contributed by atoms with van der Waals surface area (Å²) in [6, 6.07) is 6.75. The third kappa shape index (κ3) is 2.17. The van der Waals surface area contributed by atoms with Gasteiger partial charge in [-0.1, -0.05) is 12.1 Å². The fourth-order valence-electron chi connectivity index (χ4n) is 2.82. The summed E-state index contributed by atoms with van der Waals surface area (Å²) in [6.07, 6.45) is 0.529. The van der Waals surface area contributed by atoms with Crippen LogP contribution in [0.5, 0.6) is 0 Å². The highest BCUT2D eigenvalue weighted by Crippen LogP contribution is 2.25. The molecule has 22 heavy (non-hydrogen) atoms. The maximum absolute atomic E-state index is 12.2. The quantitative estimate of drug-likeness (QED) is 0.581. The van der Waals surface area contributed by atoms with Gasteiger partial charge in [-0.3, -0.25) is 19.3 Å². The fourth-order valence-corrected chi connectivity index (χ4v) is 3.09. The first kappa shape index (κ1) is 14.9. The van der Waals surface area contributed by atoms with E-state index in [4.69, 9.17) is 4.74 Å². The molecule has 0 aromatic heterocycles. The number of amides is 3. The van der Waals surface area contributed by atoms with Gasteiger partial charge >= 0.3 is 0 Å². The molecule has 1 atom stereocenters. The molecule has 2 aliphatic rings. The van der Waals surface area contributed by atoms with Crippen LogP contribution in [0.1, 0.15) is 27.1 Å². The Morgan fingerprint density at radius 1 is 1.14 bits per heavy atom. The Bertz CT molecular complexity index is 628. The second-order valence-corrected chi connectivity index (χ2v) is 6.19. The number of benzene rings is 1. The van der Waals surface area contributed by atoms with E-state index in [-0.39, 0.29) is 24.3 Å². The number of ether oxygens (including phenoxy) is 1. The van der Waals surface area contributed by atoms with Gasteiger partial charge in [-0.2, -0.15) is 0 Å². The van der Waals surface area contributed by atoms with E-state index in [1.54, 1.807) is 29.2 Å². The van der Waals surface area contributed by atoms with Gasteiger partial charge < -0.3 is 9.64 Å². The first-order valence-electron chi connectivity index (χ1n) is 7.03. The second kappa shape index (κ2) is 5.33. The van der Waals surface area contributed by atoms with Crippen molar-refractivity contribution in [2.24, 2.45) is 0 Å². The zero-order chi connectivity index (χ0) is 15.9. The number of hydrogen-bond donors (Lipinski definition) is 0. The van der Waals surface area contributed by atoms with Crippen LogP contribution in [0.2, 0.25) is 0 Å². The van der Waals surface area contributed by atoms with Gasteiger partial charge in [-0.25, -0.2) is 0 Å². The van der Waals surface area contributed by atoms with Crippen molar-refractivity contribution in [2.45, 2.75) is 11.6 Å². The number of likely N-dealkylation sites (tertiary alicyclic amines) is 1. The van der Waals surface area contributed by atoms with Crippen molar-refractivity contribution >= 4 is 28.0 Å². The van der Waals surface area contributed by atoms with Gasteiger partial charge in [0, 0.05) is 26.7 Å². The highest BCUT2D eigenvalue weighted by Gasteiger charge is 2.43. The molecular formula is C15H15N2O4Si. The van der Waals surface area contributed by atoms with Crippen molar-refractivity contribution < 1.29 is 19.1 Å². The Labute approximate surface area is 131 Å². The van der Waals surface area contributed by atoms with Crippen LogP contribution in [0.3, 0.4) is 0 Å². The van der Waals surface area contributed by atoms with E-state index < -0.39 is 5.22 Å². The maximum Gasteiger partial charge on any atom is 0.261 e. The van der Waals surface area contributed by atoms with Gasteiger partial charge in [-0.05, 0) is 18.6 Å². The smallest absolute Gasteiger partial charge is 0.261 e. The van der Waals surface area contributed by atoms with E-state index in [0.717, 1.165) is 0 Å². The monoisotopic (exact) mass is 315 g/mol. The van der Waals surface area contributed by atoms with Crippen LogP contribution in [0.4, 0.5) is 0 Å². The molecule has 6 nitrogen and oxygen atoms in total. The molecule has 7 heteroatoms. The summed E-state index contributed by atoms with van der Waals surface area (Å²) in [5.41, 5.74) is 0.846. The number of carbonyl (C=O) groups excluding carboxylic acids is 3. The van der Waals surface area contributed by atoms with Crippen molar-refractivity contribution in [1.29, 1.82) is 0 Å². The van der Waals surface area contributed by atoms with Crippen molar-refractivity contribution in [3.63, 3.8) is 0 Å². The number of imide groups is 1. The lowest BCUT2D eigenvalue weighted by atomic mass is 10.1. The lowest BCUT2D eigenvalue weighted by molar-refractivity contribution is -0.139. The third-order valence-electron chi connectivity index (χ3n) is 4.19. The first-order valence-corrected chi connectivity index (χ1v) is 7.53. The molecule has 3 radical (unpaired) electrons. The molecule has 0 N–H and O–H groups in total. The predicted molar refractivity (Wildman–Crippen MR) is 78.5 cm³/mol. The van der Waals surface area contributed by atoms with E-state index >= 15 is 0 Å². The lowest BCUT2D eigenvalue weighted by Crippen LogP contribution is -2.45. The number of nitrogens with zero attached hydrogens (tertiary/aromatic N) is 2. The van der Waals surface area contributed by atoms with Crippen LogP contribution >= 0.6 is 0 Å². The summed E-state index contributed by atoms with van der Waals surface area (Å²) in [4.78, 5) is 39.5. The molecule has 113 valence electrons. The number of fused-ring (bicyclic) bond motifs is 1. The SMILES string of the molecule is CO[C@@]1([Si])CCN(CCN2C(=O)c3ccccc3C2=O)C1=O. The highest BCUT2D eigenvalue weighted by molar-refractivity contribution is 6.28. The fraction of sp³-hybridized carbons (Fsp3) is 0.400. The molecule has 1 aromatic rings. The molecule has 2 heterocycles. The van der Waals surface area contributed by atoms with Crippen LogP contribution in [-0.2, 0) is 9.53 Å². The molecule has 1 aromatic carbocycles. The van der Waals surface area contributed by atoms with Crippen molar-refractivity contribution in [1.82, 2.24) is 9.80 Å². The Morgan fingerprint density at radius 3 is 2.23 bits per heavy atom. The first-order chi connectivity index (χ1) is 10.5. The summed E-state index contributed by atoms with van der Waals surface area (Å²) >= 11 is 0. The second-order valence-electron chi connectivity index (χ2n) is 5.38. The topological polar surface area (TPSA) is 66.9 Å². The standard InChI is InChI=1S/C15H15N2O4Si/c1-21-15(22)6-7-16(14(15)20)8-9-17-12(18)10-4-2-3-5-11(10)13(17)19/h2-5H,6-9H2,1H3/t15-/m1/s1. The van der Waals surface area contributed by atoms with Gasteiger partial charge in [0.2, 0.25) is 5.91 Å². The van der Waals surface area contributed by atoms with Crippen LogP contribution < -0.4 is 0 Å². The Morgan fingerprint density at radius 2 is 1.73 bits per heavy atom. The molecule has 0 bridgehead atoms. The molecule has 3 rings (SSSR count). The van der Waals surface area contributed by atoms with Crippen molar-refractivity contribution in [3.05, 3.63) is 35.4 Å². The zero-order valence-electron chi connectivity index (χ0n) is 12.2. The number of methoxy groups -OCH3 is 1. The minimum absolute atomic E-state index is 0.178. The molecule has 0 unspecified atom stereocenters. The maximum atomic E-state index is 12.2. The van der Waals surface area contributed by atoms with Crippen LogP contribution in [0.15, 0.2) is 24.3 Å². The van der Waals surface area contributed by atoms with Crippen molar-refractivity contribution in [3.8, 4) is 0 Å². The molecule has 3 amide bonds. The minimum Gasteiger partial charge on any atom is -0.373 e. The molecule has 0 spiro atoms. The van der Waals surface area contributed by atoms with Crippen molar-refractivity contribution in [2.75, 3.05) is 26.7 Å². The molecule has 1 fully saturated rings. The van der Waals surface area contributed by atoms with Gasteiger partial charge in [0.15, 0.2) is 0 Å². The summed E-state index contributed by atoms with van der Waals surface area (Å²) in [6.45, 7) is 1.02. The van der Waals surface area contributed by atoms with Gasteiger partial charge in [0.25, 0.3) is 11.8 Å². The molecule has 0 aliphatic carbocycles. The van der Waals surface area contributed by atoms with E-state index in [1.165, 1.54) is 12.0 Å². The summed E-state index contributed by atoms with van der Waals surface area (Å²) in [5, 5.41) is -0.984. The Kier molecular flexibility index (Phi) is 3.62. The number of hydrogen-bond acceptors (Lipinski definition) is 4. The molecule has 0 saturated carbocycles. The Hall–Kier alpha value is -1.99. The minimum atomic E-state index is -0.984. The molecule has 1 saturated heterocycles. The van der Waals surface area contributed by atoms with Gasteiger partial charge in [0.1, 0.15) is 5.22 Å². The van der Waals surface area contributed by atoms with E-state index in [2.05, 4.69) is 10.2 Å². The average Bonchev–Trinajstić information content (AvgIpc) is 2.95. The summed E-state index contributed by atoms with van der Waals surface area (Å²) < 4.78 is 5.18. The van der Waals surface area contributed by atoms with E-state index in [1.807, 2.05) is 0 Å². The largest absolute Gasteiger partial charge is 0.373 e. The predicted octanol–water partition coefficient (Wildman–Crippen LogP) is 0.0261. The van der Waals surface area contributed by atoms with Crippen LogP contribution in [-0.4, -0.2) is 69.7 Å². The lowest BCUT2D eigenvalue weighted by Gasteiger charge is -2.23. The van der Waals surface area contributed by atoms with Crippen LogP contribution in [0, 0.1) is 0 Å². The van der Waals surface area contributed by atoms with Gasteiger partial charge in [-0.15, -0.1) is 0 Å². The average molecular weight is 315 g/mol. The van der Waals surface area contributed by atoms with Gasteiger partial charge in [0.05, 0.1) is 21.4 Å². The zero-order valence-corrected chi connectivity index (χ0v) is 13.2. The van der Waals surface area contributed by atoms with E-state index in [0.29, 0.717) is 30.6 Å². The highest BCUT2D eigenvalue weighted by atomic mass is 28.1. The van der Waals surface area contributed by atoms with E-state index in [9.17, 15) is 14.4 Å². The van der Waals surface area contributed by atoms with Crippen LogP contribution in [0.25, 0.3) is 0 Å². The summed E-state index contributed by atoms with van der Waals surface area (Å²) in [7, 11) is 4.82. The Balaban J connectivity index is 1.68. The third-order valence-corrected chi connectivity index (χ3v) is 4.85. The molecular weight excluding hydrogens is 300 g/mol. The molecule has 2 aliphatic heterocycles. The number of carbonyl (C=O) groups is 3. The summed E-state index contributed by atoms with van der Waals surface area (Å²) in [5.74, 6) is -0.782.